The molecule has 0 saturated heterocycles. The zero-order valence-electron chi connectivity index (χ0n) is 30.6. The van der Waals surface area contributed by atoms with Crippen molar-refractivity contribution in [3.05, 3.63) is 164 Å². The molecule has 1 fully saturated rings. The number of esters is 3. The molecule has 57 heavy (non-hydrogen) atoms. The lowest BCUT2D eigenvalue weighted by Crippen LogP contribution is -2.39. The first-order chi connectivity index (χ1) is 27.9. The average molecular weight is 757 g/mol. The van der Waals surface area contributed by atoms with E-state index < -0.39 is 35.7 Å². The standard InChI is InChI=1S/C45H36N6O6/c52-43(55-40-22-16-37(17-23-40)49-46-34-10-4-1-5-11-34)31-28-32(44(53)56-41-24-18-38(19-25-41)50-47-35-12-6-2-7-13-35)30-33(29-31)45(54)57-42-26-20-39(21-27-42)51-48-36-14-8-3-9-15-36/h1-27,31-33H,28-30H2. The van der Waals surface area contributed by atoms with Crippen molar-refractivity contribution < 1.29 is 28.6 Å². The lowest BCUT2D eigenvalue weighted by molar-refractivity contribution is -0.150. The first-order valence-corrected chi connectivity index (χ1v) is 18.3. The van der Waals surface area contributed by atoms with Crippen LogP contribution in [0, 0.1) is 17.8 Å². The summed E-state index contributed by atoms with van der Waals surface area (Å²) >= 11 is 0. The van der Waals surface area contributed by atoms with Gasteiger partial charge in [0.25, 0.3) is 0 Å². The van der Waals surface area contributed by atoms with Gasteiger partial charge in [0.1, 0.15) is 17.2 Å². The molecule has 0 aliphatic heterocycles. The minimum Gasteiger partial charge on any atom is -0.426 e. The molecule has 0 spiro atoms. The van der Waals surface area contributed by atoms with Gasteiger partial charge in [-0.1, -0.05) is 54.6 Å². The third kappa shape index (κ3) is 11.0. The Bertz CT molecular complexity index is 2080. The minimum atomic E-state index is -0.798. The Morgan fingerprint density at radius 1 is 0.316 bits per heavy atom. The van der Waals surface area contributed by atoms with Crippen LogP contribution in [-0.4, -0.2) is 17.9 Å². The Morgan fingerprint density at radius 2 is 0.526 bits per heavy atom. The van der Waals surface area contributed by atoms with Gasteiger partial charge >= 0.3 is 17.9 Å². The van der Waals surface area contributed by atoms with Crippen molar-refractivity contribution in [2.75, 3.05) is 0 Å². The van der Waals surface area contributed by atoms with E-state index in [4.69, 9.17) is 14.2 Å². The average Bonchev–Trinajstić information content (AvgIpc) is 3.26. The summed E-state index contributed by atoms with van der Waals surface area (Å²) in [6.45, 7) is 0. The topological polar surface area (TPSA) is 153 Å². The molecule has 0 N–H and O–H groups in total. The largest absolute Gasteiger partial charge is 0.426 e. The molecule has 0 heterocycles. The summed E-state index contributed by atoms with van der Waals surface area (Å²) in [5.74, 6) is -3.27. The molecule has 0 amide bonds. The van der Waals surface area contributed by atoms with Crippen LogP contribution >= 0.6 is 0 Å². The summed E-state index contributed by atoms with van der Waals surface area (Å²) in [5.41, 5.74) is 3.83. The number of nitrogens with zero attached hydrogens (tertiary/aromatic N) is 6. The summed E-state index contributed by atoms with van der Waals surface area (Å²) in [7, 11) is 0. The molecular formula is C45H36N6O6. The second kappa shape index (κ2) is 18.7. The van der Waals surface area contributed by atoms with Gasteiger partial charge in [-0.3, -0.25) is 14.4 Å². The first kappa shape index (κ1) is 37.8. The van der Waals surface area contributed by atoms with Crippen LogP contribution in [0.4, 0.5) is 34.1 Å². The molecule has 0 radical (unpaired) electrons. The SMILES string of the molecule is O=C(Oc1ccc(N=Nc2ccccc2)cc1)C1CC(C(=O)Oc2ccc(N=Nc3ccccc3)cc2)CC(C(=O)Oc2ccc(N=Nc3ccccc3)cc2)C1. The molecule has 1 saturated carbocycles. The van der Waals surface area contributed by atoms with Crippen molar-refractivity contribution in [3.63, 3.8) is 0 Å². The van der Waals surface area contributed by atoms with E-state index in [0.717, 1.165) is 0 Å². The van der Waals surface area contributed by atoms with Crippen LogP contribution in [0.3, 0.4) is 0 Å². The lowest BCUT2D eigenvalue weighted by atomic mass is 9.75. The molecule has 0 atom stereocenters. The fraction of sp³-hybridized carbons (Fsp3) is 0.133. The van der Waals surface area contributed by atoms with Crippen LogP contribution in [0.2, 0.25) is 0 Å². The fourth-order valence-corrected chi connectivity index (χ4v) is 6.07. The molecule has 6 aromatic rings. The van der Waals surface area contributed by atoms with Gasteiger partial charge in [0, 0.05) is 0 Å². The molecular weight excluding hydrogens is 721 g/mol. The summed E-state index contributed by atoms with van der Waals surface area (Å²) in [6.07, 6.45) is 0.361. The van der Waals surface area contributed by atoms with Gasteiger partial charge < -0.3 is 14.2 Å². The van der Waals surface area contributed by atoms with E-state index in [9.17, 15) is 14.4 Å². The van der Waals surface area contributed by atoms with Gasteiger partial charge in [-0.25, -0.2) is 0 Å². The normalized spacial score (nSPS) is 16.7. The number of benzene rings is 6. The van der Waals surface area contributed by atoms with Gasteiger partial charge in [0.05, 0.1) is 51.9 Å². The molecule has 7 rings (SSSR count). The van der Waals surface area contributed by atoms with Gasteiger partial charge in [-0.15, -0.1) is 0 Å². The van der Waals surface area contributed by atoms with E-state index in [0.29, 0.717) is 34.1 Å². The fourth-order valence-electron chi connectivity index (χ4n) is 6.07. The van der Waals surface area contributed by atoms with Crippen LogP contribution in [0.15, 0.2) is 194 Å². The highest BCUT2D eigenvalue weighted by molar-refractivity contribution is 5.83. The highest BCUT2D eigenvalue weighted by atomic mass is 16.5. The molecule has 1 aliphatic rings. The van der Waals surface area contributed by atoms with Crippen LogP contribution in [0.1, 0.15) is 19.3 Å². The van der Waals surface area contributed by atoms with E-state index in [1.54, 1.807) is 72.8 Å². The molecule has 12 heteroatoms. The van der Waals surface area contributed by atoms with E-state index in [-0.39, 0.29) is 36.5 Å². The van der Waals surface area contributed by atoms with E-state index >= 15 is 0 Å². The van der Waals surface area contributed by atoms with E-state index in [1.807, 2.05) is 91.0 Å². The second-order valence-electron chi connectivity index (χ2n) is 13.1. The number of rotatable bonds is 12. The van der Waals surface area contributed by atoms with Crippen LogP contribution in [-0.2, 0) is 14.4 Å². The Labute approximate surface area is 328 Å². The number of hydrogen-bond acceptors (Lipinski definition) is 12. The molecule has 0 unspecified atom stereocenters. The number of carbonyl (C=O) groups excluding carboxylic acids is 3. The van der Waals surface area contributed by atoms with Crippen molar-refractivity contribution >= 4 is 52.0 Å². The molecule has 6 aromatic carbocycles. The Balaban J connectivity index is 1.02. The van der Waals surface area contributed by atoms with Gasteiger partial charge in [-0.05, 0) is 128 Å². The van der Waals surface area contributed by atoms with Crippen LogP contribution in [0.25, 0.3) is 0 Å². The van der Waals surface area contributed by atoms with Crippen molar-refractivity contribution in [2.24, 2.45) is 48.4 Å². The third-order valence-electron chi connectivity index (χ3n) is 8.98. The number of carbonyl (C=O) groups is 3. The number of ether oxygens (including phenoxy) is 3. The van der Waals surface area contributed by atoms with Crippen molar-refractivity contribution in [1.29, 1.82) is 0 Å². The summed E-state index contributed by atoms with van der Waals surface area (Å²) in [6, 6.07) is 47.7. The summed E-state index contributed by atoms with van der Waals surface area (Å²) in [4.78, 5) is 40.8. The molecule has 1 aliphatic carbocycles. The quantitative estimate of drug-likeness (QED) is 0.0688. The summed E-state index contributed by atoms with van der Waals surface area (Å²) < 4.78 is 17.2. The van der Waals surface area contributed by atoms with Crippen LogP contribution < -0.4 is 14.2 Å². The highest BCUT2D eigenvalue weighted by Gasteiger charge is 2.41. The maximum absolute atomic E-state index is 13.6. The van der Waals surface area contributed by atoms with Gasteiger partial charge in [-0.2, -0.15) is 30.7 Å². The molecule has 0 aromatic heterocycles. The van der Waals surface area contributed by atoms with E-state index in [2.05, 4.69) is 30.7 Å². The second-order valence-corrected chi connectivity index (χ2v) is 13.1. The monoisotopic (exact) mass is 756 g/mol. The first-order valence-electron chi connectivity index (χ1n) is 18.3. The number of hydrogen-bond donors (Lipinski definition) is 0. The Kier molecular flexibility index (Phi) is 12.4. The predicted octanol–water partition coefficient (Wildman–Crippen LogP) is 12.1. The van der Waals surface area contributed by atoms with Gasteiger partial charge in [0.15, 0.2) is 0 Å². The third-order valence-corrected chi connectivity index (χ3v) is 8.98. The lowest BCUT2D eigenvalue weighted by Gasteiger charge is -2.31. The van der Waals surface area contributed by atoms with Crippen LogP contribution in [0.5, 0.6) is 17.2 Å². The summed E-state index contributed by atoms with van der Waals surface area (Å²) in [5, 5.41) is 25.3. The van der Waals surface area contributed by atoms with Crippen molar-refractivity contribution in [1.82, 2.24) is 0 Å². The Hall–Kier alpha value is -7.47. The zero-order valence-corrected chi connectivity index (χ0v) is 30.6. The smallest absolute Gasteiger partial charge is 0.314 e. The predicted molar refractivity (Wildman–Crippen MR) is 212 cm³/mol. The molecule has 12 nitrogen and oxygen atoms in total. The maximum Gasteiger partial charge on any atom is 0.314 e. The highest BCUT2D eigenvalue weighted by Crippen LogP contribution is 2.37. The maximum atomic E-state index is 13.6. The Morgan fingerprint density at radius 3 is 0.754 bits per heavy atom. The zero-order chi connectivity index (χ0) is 39.2. The van der Waals surface area contributed by atoms with Crippen molar-refractivity contribution in [3.8, 4) is 17.2 Å². The van der Waals surface area contributed by atoms with Gasteiger partial charge in [0.2, 0.25) is 0 Å². The van der Waals surface area contributed by atoms with E-state index in [1.165, 1.54) is 0 Å². The number of azo groups is 3. The molecule has 0 bridgehead atoms. The molecule has 282 valence electrons. The minimum absolute atomic E-state index is 0.120. The van der Waals surface area contributed by atoms with Crippen molar-refractivity contribution in [2.45, 2.75) is 19.3 Å².